The zero-order chi connectivity index (χ0) is 14.1. The van der Waals surface area contributed by atoms with E-state index in [2.05, 4.69) is 33.9 Å². The minimum absolute atomic E-state index is 0.737. The number of unbranched alkanes of at least 4 members (excludes halogenated alkanes) is 3. The van der Waals surface area contributed by atoms with Crippen LogP contribution in [0.15, 0.2) is 0 Å². The van der Waals surface area contributed by atoms with Gasteiger partial charge in [0.15, 0.2) is 7.38 Å². The van der Waals surface area contributed by atoms with Crippen molar-refractivity contribution in [1.29, 1.82) is 0 Å². The molecule has 0 fully saturated rings. The van der Waals surface area contributed by atoms with Crippen LogP contribution in [0.4, 0.5) is 0 Å². The first kappa shape index (κ1) is 18.9. The fourth-order valence-corrected chi connectivity index (χ4v) is 17.0. The molecule has 0 heterocycles. The van der Waals surface area contributed by atoms with Crippen molar-refractivity contribution in [2.75, 3.05) is 24.3 Å². The highest BCUT2D eigenvalue weighted by Gasteiger charge is 2.41. The third kappa shape index (κ3) is 8.94. The van der Waals surface area contributed by atoms with Gasteiger partial charge in [0, 0.05) is 7.26 Å². The van der Waals surface area contributed by atoms with Crippen molar-refractivity contribution in [2.45, 2.75) is 72.4 Å². The summed E-state index contributed by atoms with van der Waals surface area (Å²) in [4.78, 5) is 0. The third-order valence-electron chi connectivity index (χ3n) is 3.67. The van der Waals surface area contributed by atoms with E-state index < -0.39 is 14.6 Å². The lowest BCUT2D eigenvalue weighted by molar-refractivity contribution is 0.837. The van der Waals surface area contributed by atoms with Gasteiger partial charge < -0.3 is 0 Å². The molecule has 3 heteroatoms. The SMILES string of the molecule is CCCC[P+](CCCC)(CCCC)C[Si](C)(C)Cl. The molecule has 0 atom stereocenters. The van der Waals surface area contributed by atoms with E-state index in [4.69, 9.17) is 11.1 Å². The van der Waals surface area contributed by atoms with Gasteiger partial charge in [0.1, 0.15) is 0 Å². The molecular formula is C15H35ClPSi+. The van der Waals surface area contributed by atoms with Gasteiger partial charge in [-0.1, -0.05) is 53.1 Å². The minimum atomic E-state index is -1.42. The molecule has 0 aliphatic heterocycles. The van der Waals surface area contributed by atoms with Gasteiger partial charge in [-0.3, -0.25) is 0 Å². The van der Waals surface area contributed by atoms with Crippen molar-refractivity contribution in [3.63, 3.8) is 0 Å². The van der Waals surface area contributed by atoms with E-state index in [1.165, 1.54) is 62.8 Å². The zero-order valence-corrected chi connectivity index (χ0v) is 16.0. The van der Waals surface area contributed by atoms with E-state index in [-0.39, 0.29) is 0 Å². The molecule has 0 amide bonds. The highest BCUT2D eigenvalue weighted by molar-refractivity contribution is 7.78. The van der Waals surface area contributed by atoms with E-state index >= 15 is 0 Å². The van der Waals surface area contributed by atoms with Crippen molar-refractivity contribution in [3.05, 3.63) is 0 Å². The summed E-state index contributed by atoms with van der Waals surface area (Å²) in [5, 5.41) is 0. The normalized spacial score (nSPS) is 13.0. The molecule has 0 radical (unpaired) electrons. The Labute approximate surface area is 122 Å². The molecule has 0 aromatic rings. The van der Waals surface area contributed by atoms with Crippen LogP contribution in [0.25, 0.3) is 0 Å². The lowest BCUT2D eigenvalue weighted by Gasteiger charge is -2.31. The van der Waals surface area contributed by atoms with Crippen LogP contribution in [0.1, 0.15) is 59.3 Å². The number of hydrogen-bond donors (Lipinski definition) is 0. The van der Waals surface area contributed by atoms with Crippen LogP contribution >= 0.6 is 18.3 Å². The Kier molecular flexibility index (Phi) is 10.3. The highest BCUT2D eigenvalue weighted by Crippen LogP contribution is 2.62. The fraction of sp³-hybridized carbons (Fsp3) is 1.00. The van der Waals surface area contributed by atoms with Crippen LogP contribution in [0.2, 0.25) is 13.1 Å². The summed E-state index contributed by atoms with van der Waals surface area (Å²) >= 11 is 6.72. The standard InChI is InChI=1S/C15H35ClPSi/c1-6-9-12-17(13-10-7-2,14-11-8-3)15-18(4,5)16/h6-15H2,1-5H3/q+1. The summed E-state index contributed by atoms with van der Waals surface area (Å²) in [6, 6.07) is 0. The van der Waals surface area contributed by atoms with Crippen molar-refractivity contribution >= 4 is 25.7 Å². The van der Waals surface area contributed by atoms with E-state index in [9.17, 15) is 0 Å². The van der Waals surface area contributed by atoms with E-state index in [1.807, 2.05) is 0 Å². The van der Waals surface area contributed by atoms with Crippen molar-refractivity contribution < 1.29 is 0 Å². The molecule has 0 nitrogen and oxygen atoms in total. The third-order valence-corrected chi connectivity index (χ3v) is 14.2. The fourth-order valence-electron chi connectivity index (χ4n) is 2.85. The molecule has 0 aromatic carbocycles. The predicted octanol–water partition coefficient (Wildman–Crippen LogP) is 6.39. The van der Waals surface area contributed by atoms with E-state index in [0.717, 1.165) is 0 Å². The second-order valence-corrected chi connectivity index (χ2v) is 18.2. The van der Waals surface area contributed by atoms with Crippen LogP contribution in [-0.2, 0) is 0 Å². The average molecular weight is 310 g/mol. The average Bonchev–Trinajstić information content (AvgIpc) is 2.29. The second kappa shape index (κ2) is 9.78. The van der Waals surface area contributed by atoms with Crippen molar-refractivity contribution in [1.82, 2.24) is 0 Å². The summed E-state index contributed by atoms with van der Waals surface area (Å²) in [5.74, 6) is 1.43. The highest BCUT2D eigenvalue weighted by atomic mass is 35.6. The Morgan fingerprint density at radius 3 is 1.33 bits per heavy atom. The quantitative estimate of drug-likeness (QED) is 0.236. The molecule has 110 valence electrons. The molecule has 0 spiro atoms. The molecule has 0 N–H and O–H groups in total. The summed E-state index contributed by atoms with van der Waals surface area (Å²) in [7, 11) is -2.16. The van der Waals surface area contributed by atoms with Gasteiger partial charge in [-0.05, 0) is 19.3 Å². The number of halogens is 1. The molecule has 0 aliphatic rings. The Morgan fingerprint density at radius 2 is 1.11 bits per heavy atom. The van der Waals surface area contributed by atoms with Crippen LogP contribution < -0.4 is 0 Å². The molecule has 0 saturated heterocycles. The first-order valence-electron chi connectivity index (χ1n) is 7.93. The zero-order valence-electron chi connectivity index (χ0n) is 13.4. The van der Waals surface area contributed by atoms with Gasteiger partial charge in [0.2, 0.25) is 0 Å². The topological polar surface area (TPSA) is 0 Å². The van der Waals surface area contributed by atoms with Crippen LogP contribution in [0, 0.1) is 0 Å². The summed E-state index contributed by atoms with van der Waals surface area (Å²) in [5.41, 5.74) is 0. The first-order chi connectivity index (χ1) is 8.39. The van der Waals surface area contributed by atoms with Gasteiger partial charge in [0.05, 0.1) is 24.3 Å². The van der Waals surface area contributed by atoms with Gasteiger partial charge >= 0.3 is 0 Å². The van der Waals surface area contributed by atoms with Crippen LogP contribution in [0.3, 0.4) is 0 Å². The molecule has 0 rings (SSSR count). The Bertz CT molecular complexity index is 179. The van der Waals surface area contributed by atoms with Gasteiger partial charge in [-0.25, -0.2) is 0 Å². The van der Waals surface area contributed by atoms with E-state index in [0.29, 0.717) is 0 Å². The first-order valence-corrected chi connectivity index (χ1v) is 14.7. The Balaban J connectivity index is 4.73. The van der Waals surface area contributed by atoms with Gasteiger partial charge in [0.25, 0.3) is 0 Å². The van der Waals surface area contributed by atoms with Crippen LogP contribution in [-0.4, -0.2) is 31.7 Å². The lowest BCUT2D eigenvalue weighted by Crippen LogP contribution is -2.29. The number of hydrogen-bond acceptors (Lipinski definition) is 0. The maximum Gasteiger partial charge on any atom is 0.190 e. The summed E-state index contributed by atoms with van der Waals surface area (Å²) in [6.07, 6.45) is 12.9. The monoisotopic (exact) mass is 309 g/mol. The Morgan fingerprint density at radius 1 is 0.778 bits per heavy atom. The van der Waals surface area contributed by atoms with Crippen LogP contribution in [0.5, 0.6) is 0 Å². The van der Waals surface area contributed by atoms with Gasteiger partial charge in [-0.2, -0.15) is 11.1 Å². The maximum atomic E-state index is 6.72. The van der Waals surface area contributed by atoms with Crippen molar-refractivity contribution in [2.24, 2.45) is 0 Å². The molecule has 0 unspecified atom stereocenters. The molecule has 0 aromatic heterocycles. The van der Waals surface area contributed by atoms with E-state index in [1.54, 1.807) is 0 Å². The number of rotatable bonds is 11. The molecule has 0 aliphatic carbocycles. The molecule has 18 heavy (non-hydrogen) atoms. The van der Waals surface area contributed by atoms with Crippen molar-refractivity contribution in [3.8, 4) is 0 Å². The summed E-state index contributed by atoms with van der Waals surface area (Å²) < 4.78 is 0. The largest absolute Gasteiger partial charge is 0.190 e. The maximum absolute atomic E-state index is 6.72. The molecule has 0 saturated carbocycles. The Hall–Kier alpha value is 0.937. The summed E-state index contributed by atoms with van der Waals surface area (Å²) in [6.45, 7) is 11.7. The minimum Gasteiger partial charge on any atom is -0.163 e. The molecule has 0 bridgehead atoms. The lowest BCUT2D eigenvalue weighted by atomic mass is 10.4. The van der Waals surface area contributed by atoms with Gasteiger partial charge in [-0.15, -0.1) is 0 Å². The predicted molar refractivity (Wildman–Crippen MR) is 94.4 cm³/mol. The smallest absolute Gasteiger partial charge is 0.163 e. The second-order valence-electron chi connectivity index (χ2n) is 6.45. The molecular weight excluding hydrogens is 275 g/mol.